The summed E-state index contributed by atoms with van der Waals surface area (Å²) in [5.41, 5.74) is -1.00. The number of alkyl halides is 5. The van der Waals surface area contributed by atoms with Gasteiger partial charge in [0.15, 0.2) is 9.84 Å². The molecule has 1 fully saturated rings. The molecule has 4 nitrogen and oxygen atoms in total. The van der Waals surface area contributed by atoms with E-state index in [4.69, 9.17) is 4.74 Å². The average molecular weight is 613 g/mol. The number of allylic oxidation sites excluding steroid dienone is 4. The van der Waals surface area contributed by atoms with Crippen molar-refractivity contribution in [3.63, 3.8) is 0 Å². The number of unbranched alkanes of at least 4 members (excludes halogenated alkanes) is 1. The van der Waals surface area contributed by atoms with Crippen LogP contribution < -0.4 is 0 Å². The lowest BCUT2D eigenvalue weighted by molar-refractivity contribution is -0.144. The fourth-order valence-corrected chi connectivity index (χ4v) is 7.83. The minimum atomic E-state index is -4.64. The summed E-state index contributed by atoms with van der Waals surface area (Å²) in [6, 6.07) is 3.12. The highest BCUT2D eigenvalue weighted by atomic mass is 79.9. The Morgan fingerprint density at radius 3 is 2.35 bits per heavy atom. The highest BCUT2D eigenvalue weighted by Gasteiger charge is 2.54. The van der Waals surface area contributed by atoms with Crippen LogP contribution in [0.4, 0.5) is 22.0 Å². The van der Waals surface area contributed by atoms with E-state index in [2.05, 4.69) is 15.9 Å². The number of halogens is 6. The zero-order chi connectivity index (χ0) is 27.3. The molecule has 0 aliphatic heterocycles. The van der Waals surface area contributed by atoms with Crippen molar-refractivity contribution < 1.29 is 39.9 Å². The lowest BCUT2D eigenvalue weighted by Crippen LogP contribution is -2.51. The second kappa shape index (κ2) is 12.4. The van der Waals surface area contributed by atoms with E-state index in [1.165, 1.54) is 0 Å². The van der Waals surface area contributed by atoms with Crippen molar-refractivity contribution in [3.05, 3.63) is 53.9 Å². The summed E-state index contributed by atoms with van der Waals surface area (Å²) in [5.74, 6) is -2.44. The molecule has 1 aromatic carbocycles. The molecule has 11 heteroatoms. The molecule has 0 radical (unpaired) electrons. The fourth-order valence-electron chi connectivity index (χ4n) is 5.14. The molecule has 206 valence electrons. The Balaban J connectivity index is 1.80. The van der Waals surface area contributed by atoms with Gasteiger partial charge in [-0.25, -0.2) is 17.2 Å². The third-order valence-corrected chi connectivity index (χ3v) is 10.5. The average Bonchev–Trinajstić information content (AvgIpc) is 2.86. The number of rotatable bonds is 10. The summed E-state index contributed by atoms with van der Waals surface area (Å²) < 4.78 is 99.5. The Kier molecular flexibility index (Phi) is 9.99. The first-order chi connectivity index (χ1) is 17.4. The Bertz CT molecular complexity index is 1090. The van der Waals surface area contributed by atoms with Crippen molar-refractivity contribution in [2.45, 2.75) is 73.4 Å². The second-order valence-electron chi connectivity index (χ2n) is 9.57. The van der Waals surface area contributed by atoms with E-state index in [1.807, 2.05) is 0 Å². The maximum Gasteiger partial charge on any atom is 0.416 e. The Hall–Kier alpha value is -1.75. The number of ether oxygens (including phenoxy) is 1. The van der Waals surface area contributed by atoms with E-state index in [9.17, 15) is 30.8 Å². The molecule has 3 rings (SSSR count). The summed E-state index contributed by atoms with van der Waals surface area (Å²) in [7, 11) is -4.36. The number of esters is 1. The first-order valence-electron chi connectivity index (χ1n) is 12.2. The van der Waals surface area contributed by atoms with Gasteiger partial charge in [-0.15, -0.1) is 0 Å². The van der Waals surface area contributed by atoms with Crippen LogP contribution in [-0.4, -0.2) is 37.2 Å². The van der Waals surface area contributed by atoms with Crippen LogP contribution in [0, 0.1) is 11.8 Å². The fraction of sp³-hybridized carbons (Fsp3) is 0.577. The van der Waals surface area contributed by atoms with Crippen LogP contribution in [0.3, 0.4) is 0 Å². The molecule has 0 saturated heterocycles. The van der Waals surface area contributed by atoms with Gasteiger partial charge in [0.2, 0.25) is 0 Å². The normalized spacial score (nSPS) is 26.5. The molecular weight excluding hydrogens is 583 g/mol. The van der Waals surface area contributed by atoms with Crippen molar-refractivity contribution in [1.29, 1.82) is 0 Å². The van der Waals surface area contributed by atoms with Gasteiger partial charge in [0, 0.05) is 17.7 Å². The number of carbonyl (C=O) groups excluding carboxylic acids is 1. The zero-order valence-electron chi connectivity index (χ0n) is 20.2. The molecule has 0 N–H and O–H groups in total. The lowest BCUT2D eigenvalue weighted by atomic mass is 9.71. The molecule has 0 heterocycles. The Morgan fingerprint density at radius 2 is 1.76 bits per heavy atom. The van der Waals surface area contributed by atoms with E-state index in [1.54, 1.807) is 0 Å². The predicted molar refractivity (Wildman–Crippen MR) is 133 cm³/mol. The van der Waals surface area contributed by atoms with Crippen molar-refractivity contribution in [1.82, 2.24) is 0 Å². The van der Waals surface area contributed by atoms with Gasteiger partial charge >= 0.3 is 12.1 Å². The Labute approximate surface area is 222 Å². The SMILES string of the molecule is O=C(CCC1CCC(C2C=C(F)C=CC2F)(S(=O)(=O)c2ccc(C(F)(F)F)cc2)CC1)OCCCCBr. The number of hydrogen-bond donors (Lipinski definition) is 0. The van der Waals surface area contributed by atoms with Gasteiger partial charge in [-0.05, 0) is 93.4 Å². The summed E-state index contributed by atoms with van der Waals surface area (Å²) in [5, 5.41) is 0.819. The Morgan fingerprint density at radius 1 is 1.11 bits per heavy atom. The minimum Gasteiger partial charge on any atom is -0.466 e. The van der Waals surface area contributed by atoms with Crippen molar-refractivity contribution in [2.75, 3.05) is 11.9 Å². The lowest BCUT2D eigenvalue weighted by Gasteiger charge is -2.45. The molecule has 37 heavy (non-hydrogen) atoms. The van der Waals surface area contributed by atoms with Crippen LogP contribution in [0.15, 0.2) is 53.2 Å². The summed E-state index contributed by atoms with van der Waals surface area (Å²) in [4.78, 5) is 11.7. The molecule has 0 spiro atoms. The molecule has 0 amide bonds. The van der Waals surface area contributed by atoms with E-state index < -0.39 is 44.2 Å². The quantitative estimate of drug-likeness (QED) is 0.120. The van der Waals surface area contributed by atoms with E-state index in [0.29, 0.717) is 38.0 Å². The van der Waals surface area contributed by atoms with Gasteiger partial charge < -0.3 is 4.74 Å². The summed E-state index contributed by atoms with van der Waals surface area (Å²) >= 11 is 3.30. The smallest absolute Gasteiger partial charge is 0.416 e. The first kappa shape index (κ1) is 29.8. The van der Waals surface area contributed by atoms with Gasteiger partial charge in [-0.1, -0.05) is 15.9 Å². The largest absolute Gasteiger partial charge is 0.466 e. The van der Waals surface area contributed by atoms with Crippen LogP contribution in [-0.2, 0) is 25.5 Å². The predicted octanol–water partition coefficient (Wildman–Crippen LogP) is 7.28. The molecule has 1 aromatic rings. The van der Waals surface area contributed by atoms with Crippen LogP contribution in [0.5, 0.6) is 0 Å². The van der Waals surface area contributed by atoms with Crippen LogP contribution in [0.2, 0.25) is 0 Å². The van der Waals surface area contributed by atoms with Crippen molar-refractivity contribution >= 4 is 31.7 Å². The van der Waals surface area contributed by atoms with Gasteiger partial charge in [-0.3, -0.25) is 4.79 Å². The third-order valence-electron chi connectivity index (χ3n) is 7.26. The maximum atomic E-state index is 15.1. The van der Waals surface area contributed by atoms with Gasteiger partial charge in [0.1, 0.15) is 12.0 Å². The van der Waals surface area contributed by atoms with Crippen molar-refractivity contribution in [2.24, 2.45) is 11.8 Å². The van der Waals surface area contributed by atoms with E-state index in [0.717, 1.165) is 48.5 Å². The molecule has 2 atom stereocenters. The molecular formula is C26H30BrF5O4S. The second-order valence-corrected chi connectivity index (χ2v) is 12.7. The first-order valence-corrected chi connectivity index (χ1v) is 14.8. The zero-order valence-corrected chi connectivity index (χ0v) is 22.6. The summed E-state index contributed by atoms with van der Waals surface area (Å²) in [6.07, 6.45) is -0.584. The highest BCUT2D eigenvalue weighted by Crippen LogP contribution is 2.50. The molecule has 2 aliphatic carbocycles. The summed E-state index contributed by atoms with van der Waals surface area (Å²) in [6.45, 7) is 0.328. The standard InChI is InChI=1S/C26H30BrF5O4S/c27-15-1-2-16-36-24(33)10-3-18-11-13-25(14-12-18,22-17-20(28)6-9-23(22)29)37(34,35)21-7-4-19(5-8-21)26(30,31)32/h4-9,17-18,22-23H,1-3,10-16H2. The molecule has 2 unspecified atom stereocenters. The molecule has 2 aliphatic rings. The number of carbonyl (C=O) groups is 1. The maximum absolute atomic E-state index is 15.1. The van der Waals surface area contributed by atoms with Gasteiger partial charge in [0.25, 0.3) is 0 Å². The van der Waals surface area contributed by atoms with Gasteiger partial charge in [-0.2, -0.15) is 13.2 Å². The highest BCUT2D eigenvalue weighted by molar-refractivity contribution is 9.09. The van der Waals surface area contributed by atoms with Crippen LogP contribution >= 0.6 is 15.9 Å². The molecule has 0 aromatic heterocycles. The van der Waals surface area contributed by atoms with Gasteiger partial charge in [0.05, 0.1) is 21.8 Å². The topological polar surface area (TPSA) is 60.4 Å². The number of sulfone groups is 1. The van der Waals surface area contributed by atoms with E-state index in [-0.39, 0.29) is 36.0 Å². The van der Waals surface area contributed by atoms with Crippen LogP contribution in [0.1, 0.15) is 56.9 Å². The molecule has 1 saturated carbocycles. The third kappa shape index (κ3) is 7.02. The number of benzene rings is 1. The van der Waals surface area contributed by atoms with E-state index >= 15 is 4.39 Å². The minimum absolute atomic E-state index is 0.00989. The number of hydrogen-bond acceptors (Lipinski definition) is 4. The molecule has 0 bridgehead atoms. The van der Waals surface area contributed by atoms with Crippen LogP contribution in [0.25, 0.3) is 0 Å². The van der Waals surface area contributed by atoms with Crippen molar-refractivity contribution in [3.8, 4) is 0 Å². The monoisotopic (exact) mass is 612 g/mol.